The number of hydrogen-bond donors (Lipinski definition) is 1. The highest BCUT2D eigenvalue weighted by molar-refractivity contribution is 5.76. The van der Waals surface area contributed by atoms with E-state index in [9.17, 15) is 0 Å². The van der Waals surface area contributed by atoms with Crippen molar-refractivity contribution in [3.05, 3.63) is 78.1 Å². The molecule has 5 heteroatoms. The maximum absolute atomic E-state index is 5.65. The van der Waals surface area contributed by atoms with Gasteiger partial charge >= 0.3 is 0 Å². The quantitative estimate of drug-likeness (QED) is 0.542. The average molecular weight is 358 g/mol. The third kappa shape index (κ3) is 3.62. The third-order valence-corrected chi connectivity index (χ3v) is 4.40. The molecule has 27 heavy (non-hydrogen) atoms. The number of nitrogens with one attached hydrogen (secondary N) is 1. The van der Waals surface area contributed by atoms with Crippen LogP contribution in [0.2, 0.25) is 0 Å². The van der Waals surface area contributed by atoms with Crippen LogP contribution in [0.3, 0.4) is 0 Å². The number of ether oxygens (including phenoxy) is 1. The predicted molar refractivity (Wildman–Crippen MR) is 108 cm³/mol. The molecular formula is C22H22N4O. The fourth-order valence-electron chi connectivity index (χ4n) is 3.05. The van der Waals surface area contributed by atoms with Gasteiger partial charge in [-0.15, -0.1) is 0 Å². The summed E-state index contributed by atoms with van der Waals surface area (Å²) in [5.74, 6) is 2.43. The number of anilines is 1. The summed E-state index contributed by atoms with van der Waals surface area (Å²) < 4.78 is 7.63. The van der Waals surface area contributed by atoms with Gasteiger partial charge in [-0.05, 0) is 37.6 Å². The van der Waals surface area contributed by atoms with Crippen molar-refractivity contribution in [2.45, 2.75) is 20.4 Å². The molecule has 5 nitrogen and oxygen atoms in total. The van der Waals surface area contributed by atoms with Crippen molar-refractivity contribution < 1.29 is 4.74 Å². The topological polar surface area (TPSA) is 51.5 Å². The largest absolute Gasteiger partial charge is 0.494 e. The van der Waals surface area contributed by atoms with Gasteiger partial charge in [0.15, 0.2) is 0 Å². The first-order valence-electron chi connectivity index (χ1n) is 9.10. The highest BCUT2D eigenvalue weighted by Crippen LogP contribution is 2.30. The Balaban J connectivity index is 1.73. The first-order chi connectivity index (χ1) is 13.2. The van der Waals surface area contributed by atoms with Gasteiger partial charge in [0.05, 0.1) is 6.61 Å². The molecule has 0 spiro atoms. The molecule has 0 fully saturated rings. The highest BCUT2D eigenvalue weighted by atomic mass is 16.5. The van der Waals surface area contributed by atoms with Crippen LogP contribution < -0.4 is 10.1 Å². The molecule has 1 N–H and O–H groups in total. The lowest BCUT2D eigenvalue weighted by atomic mass is 10.1. The van der Waals surface area contributed by atoms with Crippen LogP contribution in [-0.4, -0.2) is 21.0 Å². The van der Waals surface area contributed by atoms with Crippen LogP contribution >= 0.6 is 0 Å². The van der Waals surface area contributed by atoms with Crippen LogP contribution in [0.15, 0.2) is 67.0 Å². The van der Waals surface area contributed by atoms with Crippen LogP contribution in [-0.2, 0) is 6.54 Å². The van der Waals surface area contributed by atoms with Crippen molar-refractivity contribution in [2.75, 3.05) is 11.9 Å². The molecule has 2 aromatic carbocycles. The molecule has 0 radical (unpaired) electrons. The lowest BCUT2D eigenvalue weighted by Gasteiger charge is -2.10. The second kappa shape index (κ2) is 7.50. The van der Waals surface area contributed by atoms with Gasteiger partial charge in [0, 0.05) is 24.5 Å². The maximum Gasteiger partial charge on any atom is 0.235 e. The van der Waals surface area contributed by atoms with E-state index < -0.39 is 0 Å². The van der Waals surface area contributed by atoms with E-state index >= 15 is 0 Å². The zero-order chi connectivity index (χ0) is 18.6. The Bertz CT molecular complexity index is 1050. The van der Waals surface area contributed by atoms with Crippen LogP contribution in [0, 0.1) is 6.92 Å². The zero-order valence-electron chi connectivity index (χ0n) is 15.5. The van der Waals surface area contributed by atoms with Crippen molar-refractivity contribution in [3.63, 3.8) is 0 Å². The number of hydrogen-bond acceptors (Lipinski definition) is 4. The molecule has 2 aromatic heterocycles. The van der Waals surface area contributed by atoms with Crippen molar-refractivity contribution in [1.29, 1.82) is 0 Å². The van der Waals surface area contributed by atoms with Gasteiger partial charge in [0.1, 0.15) is 17.3 Å². The first-order valence-corrected chi connectivity index (χ1v) is 9.10. The Morgan fingerprint density at radius 2 is 1.93 bits per heavy atom. The van der Waals surface area contributed by atoms with Gasteiger partial charge in [-0.25, -0.2) is 9.97 Å². The Morgan fingerprint density at radius 1 is 1.07 bits per heavy atom. The van der Waals surface area contributed by atoms with Crippen LogP contribution in [0.1, 0.15) is 18.1 Å². The van der Waals surface area contributed by atoms with Crippen molar-refractivity contribution >= 4 is 11.6 Å². The van der Waals surface area contributed by atoms with Crippen LogP contribution in [0.5, 0.6) is 5.75 Å². The minimum absolute atomic E-state index is 0.634. The minimum atomic E-state index is 0.634. The van der Waals surface area contributed by atoms with E-state index in [1.54, 1.807) is 6.20 Å². The van der Waals surface area contributed by atoms with Crippen LogP contribution in [0.4, 0.5) is 5.82 Å². The Kier molecular flexibility index (Phi) is 4.75. The molecule has 0 saturated heterocycles. The Hall–Kier alpha value is -3.34. The molecule has 4 aromatic rings. The van der Waals surface area contributed by atoms with Gasteiger partial charge in [-0.1, -0.05) is 42.0 Å². The molecule has 0 atom stereocenters. The van der Waals surface area contributed by atoms with Gasteiger partial charge in [-0.2, -0.15) is 0 Å². The summed E-state index contributed by atoms with van der Waals surface area (Å²) in [6.07, 6.45) is 3.73. The molecule has 0 unspecified atom stereocenters. The first kappa shape index (κ1) is 17.1. The zero-order valence-corrected chi connectivity index (χ0v) is 15.5. The molecule has 0 amide bonds. The highest BCUT2D eigenvalue weighted by Gasteiger charge is 2.15. The third-order valence-electron chi connectivity index (χ3n) is 4.40. The van der Waals surface area contributed by atoms with Crippen molar-refractivity contribution in [3.8, 4) is 17.0 Å². The summed E-state index contributed by atoms with van der Waals surface area (Å²) >= 11 is 0. The summed E-state index contributed by atoms with van der Waals surface area (Å²) in [5, 5.41) is 3.54. The molecule has 136 valence electrons. The van der Waals surface area contributed by atoms with E-state index in [0.29, 0.717) is 18.9 Å². The normalized spacial score (nSPS) is 10.9. The van der Waals surface area contributed by atoms with Gasteiger partial charge < -0.3 is 10.1 Å². The molecule has 0 bridgehead atoms. The van der Waals surface area contributed by atoms with Gasteiger partial charge in [-0.3, -0.25) is 4.40 Å². The molecular weight excluding hydrogens is 336 g/mol. The standard InChI is InChI=1S/C22H22N4O/c1-3-27-19-7-4-6-18(14-19)20-21(26-13-5-12-23-22(26)25-20)24-15-17-10-8-16(2)9-11-17/h4-14,24H,3,15H2,1-2H3. The molecule has 0 saturated carbocycles. The lowest BCUT2D eigenvalue weighted by Crippen LogP contribution is -2.03. The van der Waals surface area contributed by atoms with E-state index in [1.807, 2.05) is 47.9 Å². The Labute approximate surface area is 158 Å². The summed E-state index contributed by atoms with van der Waals surface area (Å²) in [5.41, 5.74) is 4.33. The van der Waals surface area contributed by atoms with E-state index in [0.717, 1.165) is 22.8 Å². The van der Waals surface area contributed by atoms with E-state index in [2.05, 4.69) is 41.5 Å². The molecule has 4 rings (SSSR count). The average Bonchev–Trinajstić information content (AvgIpc) is 3.07. The number of fused-ring (bicyclic) bond motifs is 1. The molecule has 0 aliphatic rings. The van der Waals surface area contributed by atoms with Crippen molar-refractivity contribution in [2.24, 2.45) is 0 Å². The van der Waals surface area contributed by atoms with Crippen molar-refractivity contribution in [1.82, 2.24) is 14.4 Å². The lowest BCUT2D eigenvalue weighted by molar-refractivity contribution is 0.340. The Morgan fingerprint density at radius 3 is 2.74 bits per heavy atom. The molecule has 0 aliphatic carbocycles. The summed E-state index contributed by atoms with van der Waals surface area (Å²) in [4.78, 5) is 9.14. The van der Waals surface area contributed by atoms with Gasteiger partial charge in [0.25, 0.3) is 0 Å². The van der Waals surface area contributed by atoms with E-state index in [-0.39, 0.29) is 0 Å². The fraction of sp³-hybridized carbons (Fsp3) is 0.182. The smallest absolute Gasteiger partial charge is 0.235 e. The number of aromatic nitrogens is 3. The second-order valence-corrected chi connectivity index (χ2v) is 6.40. The number of rotatable bonds is 6. The summed E-state index contributed by atoms with van der Waals surface area (Å²) in [6, 6.07) is 18.4. The monoisotopic (exact) mass is 358 g/mol. The van der Waals surface area contributed by atoms with E-state index in [4.69, 9.17) is 9.72 Å². The number of benzene rings is 2. The second-order valence-electron chi connectivity index (χ2n) is 6.40. The summed E-state index contributed by atoms with van der Waals surface area (Å²) in [6.45, 7) is 5.42. The molecule has 0 aliphatic heterocycles. The SMILES string of the molecule is CCOc1cccc(-c2nc3ncccn3c2NCc2ccc(C)cc2)c1. The minimum Gasteiger partial charge on any atom is -0.494 e. The molecule has 2 heterocycles. The van der Waals surface area contributed by atoms with E-state index in [1.165, 1.54) is 11.1 Å². The van der Waals surface area contributed by atoms with Gasteiger partial charge in [0.2, 0.25) is 5.78 Å². The number of aryl methyl sites for hydroxylation is 1. The predicted octanol–water partition coefficient (Wildman–Crippen LogP) is 4.72. The van der Waals surface area contributed by atoms with Crippen LogP contribution in [0.25, 0.3) is 17.0 Å². The number of imidazole rings is 1. The maximum atomic E-state index is 5.65. The summed E-state index contributed by atoms with van der Waals surface area (Å²) in [7, 11) is 0. The fourth-order valence-corrected chi connectivity index (χ4v) is 3.05. The number of nitrogens with zero attached hydrogens (tertiary/aromatic N) is 3.